The maximum atomic E-state index is 12.0. The molecule has 1 heterocycles. The highest BCUT2D eigenvalue weighted by Gasteiger charge is 2.34. The van der Waals surface area contributed by atoms with E-state index in [1.807, 2.05) is 0 Å². The Labute approximate surface area is 117 Å². The Kier molecular flexibility index (Phi) is 4.81. The number of hydrogen-bond donors (Lipinski definition) is 3. The molecule has 1 saturated carbocycles. The first kappa shape index (κ1) is 14.6. The smallest absolute Gasteiger partial charge is 0.318 e. The summed E-state index contributed by atoms with van der Waals surface area (Å²) >= 11 is 0. The van der Waals surface area contributed by atoms with Crippen LogP contribution in [0.15, 0.2) is 0 Å². The molecule has 0 aromatic heterocycles. The average Bonchev–Trinajstić information content (AvgIpc) is 3.20. The second-order valence-corrected chi connectivity index (χ2v) is 5.42. The molecule has 1 saturated heterocycles. The van der Waals surface area contributed by atoms with Gasteiger partial charge in [-0.15, -0.1) is 0 Å². The van der Waals surface area contributed by atoms with Crippen LogP contribution < -0.4 is 10.6 Å². The van der Waals surface area contributed by atoms with E-state index in [0.29, 0.717) is 19.6 Å². The van der Waals surface area contributed by atoms with Crippen molar-refractivity contribution in [1.29, 1.82) is 0 Å². The third-order valence-corrected chi connectivity index (χ3v) is 3.72. The summed E-state index contributed by atoms with van der Waals surface area (Å²) in [6.07, 6.45) is 4.28. The van der Waals surface area contributed by atoms with Crippen LogP contribution in [-0.4, -0.2) is 53.6 Å². The normalized spacial score (nSPS) is 22.3. The van der Waals surface area contributed by atoms with Gasteiger partial charge in [0, 0.05) is 19.6 Å². The Hall–Kier alpha value is -1.79. The van der Waals surface area contributed by atoms with Crippen molar-refractivity contribution in [2.45, 2.75) is 38.1 Å². The SMILES string of the molecule is O=C(O)CC1C(=O)NCCN1C(=O)NCCCC1CC1. The van der Waals surface area contributed by atoms with Gasteiger partial charge in [-0.1, -0.05) is 12.8 Å². The second-order valence-electron chi connectivity index (χ2n) is 5.42. The molecule has 7 nitrogen and oxygen atoms in total. The Morgan fingerprint density at radius 2 is 2.15 bits per heavy atom. The largest absolute Gasteiger partial charge is 0.481 e. The number of hydrogen-bond acceptors (Lipinski definition) is 3. The molecule has 7 heteroatoms. The van der Waals surface area contributed by atoms with Gasteiger partial charge in [0.15, 0.2) is 0 Å². The lowest BCUT2D eigenvalue weighted by molar-refractivity contribution is -0.142. The third-order valence-electron chi connectivity index (χ3n) is 3.72. The van der Waals surface area contributed by atoms with Gasteiger partial charge in [-0.2, -0.15) is 0 Å². The van der Waals surface area contributed by atoms with Crippen molar-refractivity contribution < 1.29 is 19.5 Å². The first-order valence-electron chi connectivity index (χ1n) is 7.12. The molecule has 0 aromatic rings. The lowest BCUT2D eigenvalue weighted by atomic mass is 10.1. The summed E-state index contributed by atoms with van der Waals surface area (Å²) in [4.78, 5) is 35.8. The number of carboxylic acid groups (broad SMARTS) is 1. The van der Waals surface area contributed by atoms with E-state index in [9.17, 15) is 14.4 Å². The average molecular weight is 283 g/mol. The highest BCUT2D eigenvalue weighted by atomic mass is 16.4. The van der Waals surface area contributed by atoms with Crippen molar-refractivity contribution in [1.82, 2.24) is 15.5 Å². The summed E-state index contributed by atoms with van der Waals surface area (Å²) in [5.41, 5.74) is 0. The van der Waals surface area contributed by atoms with Crippen LogP contribution >= 0.6 is 0 Å². The van der Waals surface area contributed by atoms with Crippen molar-refractivity contribution in [3.05, 3.63) is 0 Å². The van der Waals surface area contributed by atoms with Crippen molar-refractivity contribution in [2.24, 2.45) is 5.92 Å². The molecule has 2 fully saturated rings. The Morgan fingerprint density at radius 1 is 1.40 bits per heavy atom. The van der Waals surface area contributed by atoms with Crippen LogP contribution in [0.1, 0.15) is 32.1 Å². The van der Waals surface area contributed by atoms with Gasteiger partial charge in [-0.05, 0) is 18.8 Å². The zero-order valence-electron chi connectivity index (χ0n) is 11.4. The van der Waals surface area contributed by atoms with Crippen LogP contribution in [0.5, 0.6) is 0 Å². The quantitative estimate of drug-likeness (QED) is 0.605. The number of aliphatic carboxylic acids is 1. The number of piperazine rings is 1. The van der Waals surface area contributed by atoms with Crippen molar-refractivity contribution in [3.8, 4) is 0 Å². The fraction of sp³-hybridized carbons (Fsp3) is 0.769. The van der Waals surface area contributed by atoms with Gasteiger partial charge >= 0.3 is 12.0 Å². The molecule has 20 heavy (non-hydrogen) atoms. The van der Waals surface area contributed by atoms with Gasteiger partial charge in [-0.3, -0.25) is 9.59 Å². The molecular formula is C13H21N3O4. The molecule has 112 valence electrons. The van der Waals surface area contributed by atoms with Crippen LogP contribution in [0, 0.1) is 5.92 Å². The zero-order valence-corrected chi connectivity index (χ0v) is 11.4. The lowest BCUT2D eigenvalue weighted by Crippen LogP contribution is -2.60. The van der Waals surface area contributed by atoms with Crippen molar-refractivity contribution >= 4 is 17.9 Å². The number of carboxylic acids is 1. The monoisotopic (exact) mass is 283 g/mol. The highest BCUT2D eigenvalue weighted by Crippen LogP contribution is 2.33. The number of nitrogens with one attached hydrogen (secondary N) is 2. The van der Waals surface area contributed by atoms with E-state index < -0.39 is 17.9 Å². The number of nitrogens with zero attached hydrogens (tertiary/aromatic N) is 1. The Bertz CT molecular complexity index is 395. The first-order chi connectivity index (χ1) is 9.58. The van der Waals surface area contributed by atoms with Gasteiger partial charge in [0.05, 0.1) is 6.42 Å². The van der Waals surface area contributed by atoms with E-state index in [1.54, 1.807) is 0 Å². The molecule has 3 N–H and O–H groups in total. The number of urea groups is 1. The maximum Gasteiger partial charge on any atom is 0.318 e. The van der Waals surface area contributed by atoms with E-state index in [4.69, 9.17) is 5.11 Å². The summed E-state index contributed by atoms with van der Waals surface area (Å²) in [7, 11) is 0. The highest BCUT2D eigenvalue weighted by molar-refractivity contribution is 5.91. The van der Waals surface area contributed by atoms with Crippen LogP contribution in [0.4, 0.5) is 4.79 Å². The molecule has 0 bridgehead atoms. The first-order valence-corrected chi connectivity index (χ1v) is 7.12. The Morgan fingerprint density at radius 3 is 2.80 bits per heavy atom. The summed E-state index contributed by atoms with van der Waals surface area (Å²) < 4.78 is 0. The molecule has 1 unspecified atom stereocenters. The summed E-state index contributed by atoms with van der Waals surface area (Å²) in [5.74, 6) is -0.655. The number of amides is 3. The van der Waals surface area contributed by atoms with Crippen molar-refractivity contribution in [3.63, 3.8) is 0 Å². The molecule has 1 aliphatic heterocycles. The van der Waals surface area contributed by atoms with Gasteiger partial charge in [0.2, 0.25) is 5.91 Å². The molecule has 1 aliphatic carbocycles. The van der Waals surface area contributed by atoms with Crippen LogP contribution in [0.3, 0.4) is 0 Å². The second kappa shape index (κ2) is 6.58. The minimum Gasteiger partial charge on any atom is -0.481 e. The van der Waals surface area contributed by atoms with Gasteiger partial charge < -0.3 is 20.6 Å². The van der Waals surface area contributed by atoms with Gasteiger partial charge in [0.25, 0.3) is 0 Å². The predicted molar refractivity (Wildman–Crippen MR) is 71.1 cm³/mol. The number of carbonyl (C=O) groups excluding carboxylic acids is 2. The summed E-state index contributed by atoms with van der Waals surface area (Å²) in [6.45, 7) is 1.29. The molecule has 0 spiro atoms. The number of rotatable bonds is 6. The van der Waals surface area contributed by atoms with Crippen LogP contribution in [-0.2, 0) is 9.59 Å². The topological polar surface area (TPSA) is 98.7 Å². The molecular weight excluding hydrogens is 262 g/mol. The summed E-state index contributed by atoms with van der Waals surface area (Å²) in [6, 6.07) is -1.26. The molecule has 3 amide bonds. The maximum absolute atomic E-state index is 12.0. The predicted octanol–water partition coefficient (Wildman–Crippen LogP) is 0.161. The minimum absolute atomic E-state index is 0.345. The summed E-state index contributed by atoms with van der Waals surface area (Å²) in [5, 5.41) is 14.2. The van der Waals surface area contributed by atoms with E-state index in [-0.39, 0.29) is 12.5 Å². The fourth-order valence-electron chi connectivity index (χ4n) is 2.42. The molecule has 2 aliphatic rings. The lowest BCUT2D eigenvalue weighted by Gasteiger charge is -2.34. The zero-order chi connectivity index (χ0) is 14.5. The Balaban J connectivity index is 1.80. The molecule has 0 radical (unpaired) electrons. The van der Waals surface area contributed by atoms with E-state index in [1.165, 1.54) is 17.7 Å². The fourth-order valence-corrected chi connectivity index (χ4v) is 2.42. The molecule has 0 aromatic carbocycles. The van der Waals surface area contributed by atoms with Crippen LogP contribution in [0.2, 0.25) is 0 Å². The minimum atomic E-state index is -1.08. The molecule has 1 atom stereocenters. The van der Waals surface area contributed by atoms with E-state index in [2.05, 4.69) is 10.6 Å². The van der Waals surface area contributed by atoms with E-state index >= 15 is 0 Å². The van der Waals surface area contributed by atoms with Crippen molar-refractivity contribution in [2.75, 3.05) is 19.6 Å². The standard InChI is InChI=1S/C13H21N3O4/c17-11(18)8-10-12(19)14-6-7-16(10)13(20)15-5-1-2-9-3-4-9/h9-10H,1-8H2,(H,14,19)(H,15,20)(H,17,18). The van der Waals surface area contributed by atoms with Gasteiger partial charge in [0.1, 0.15) is 6.04 Å². The van der Waals surface area contributed by atoms with E-state index in [0.717, 1.165) is 18.8 Å². The number of carbonyl (C=O) groups is 3. The third kappa shape index (κ3) is 4.11. The van der Waals surface area contributed by atoms with Gasteiger partial charge in [-0.25, -0.2) is 4.79 Å². The van der Waals surface area contributed by atoms with Crippen LogP contribution in [0.25, 0.3) is 0 Å². The molecule has 2 rings (SSSR count).